The van der Waals surface area contributed by atoms with Crippen molar-refractivity contribution in [1.82, 2.24) is 5.32 Å². The largest absolute Gasteiger partial charge is 0.393 e. The molecule has 0 bridgehead atoms. The van der Waals surface area contributed by atoms with Gasteiger partial charge >= 0.3 is 0 Å². The maximum absolute atomic E-state index is 11.4. The molecule has 4 fully saturated rings. The molecule has 2 heteroatoms. The lowest BCUT2D eigenvalue weighted by Crippen LogP contribution is -2.59. The van der Waals surface area contributed by atoms with Gasteiger partial charge in [0.05, 0.1) is 6.10 Å². The van der Waals surface area contributed by atoms with Gasteiger partial charge in [-0.3, -0.25) is 0 Å². The summed E-state index contributed by atoms with van der Waals surface area (Å²) in [5.41, 5.74) is 0.902. The summed E-state index contributed by atoms with van der Waals surface area (Å²) < 4.78 is 0. The van der Waals surface area contributed by atoms with E-state index in [1.807, 2.05) is 0 Å². The van der Waals surface area contributed by atoms with Gasteiger partial charge in [0.25, 0.3) is 0 Å². The minimum atomic E-state index is -0.0717. The van der Waals surface area contributed by atoms with Gasteiger partial charge in [-0.1, -0.05) is 60.8 Å². The Labute approximate surface area is 193 Å². The molecule has 4 rings (SSSR count). The first-order chi connectivity index (χ1) is 14.7. The number of hydrogen-bond acceptors (Lipinski definition) is 2. The van der Waals surface area contributed by atoms with Crippen LogP contribution in [0.25, 0.3) is 0 Å². The molecular weight excluding hydrogens is 378 g/mol. The zero-order valence-corrected chi connectivity index (χ0v) is 21.6. The molecule has 4 aliphatic rings. The van der Waals surface area contributed by atoms with Gasteiger partial charge in [0.1, 0.15) is 0 Å². The predicted octanol–water partition coefficient (Wildman–Crippen LogP) is 7.06. The number of nitrogens with one attached hydrogen (secondary N) is 1. The third-order valence-electron chi connectivity index (χ3n) is 11.4. The van der Waals surface area contributed by atoms with Crippen LogP contribution in [0.3, 0.4) is 0 Å². The van der Waals surface area contributed by atoms with Gasteiger partial charge in [-0.15, -0.1) is 0 Å². The smallest absolute Gasteiger partial charge is 0.0577 e. The molecule has 4 aliphatic carbocycles. The number of aliphatic hydroxyl groups excluding tert-OH is 1. The van der Waals surface area contributed by atoms with Crippen molar-refractivity contribution in [2.45, 2.75) is 124 Å². The lowest BCUT2D eigenvalue weighted by Gasteiger charge is -2.62. The summed E-state index contributed by atoms with van der Waals surface area (Å²) in [5, 5.41) is 15.1. The van der Waals surface area contributed by atoms with Crippen molar-refractivity contribution in [3.63, 3.8) is 0 Å². The SMILES string of the molecule is CCN[C@H]1CC[C@]2(C)C3CC[C@@]4(C)C(CC[C@@H]4[C@H](C)CCCC(C)C)C3C[C@@H](O)[C@H]2C1. The second kappa shape index (κ2) is 9.28. The zero-order chi connectivity index (χ0) is 22.4. The van der Waals surface area contributed by atoms with Crippen LogP contribution in [0.5, 0.6) is 0 Å². The molecule has 0 saturated heterocycles. The maximum Gasteiger partial charge on any atom is 0.0577 e. The Morgan fingerprint density at radius 1 is 0.871 bits per heavy atom. The van der Waals surface area contributed by atoms with Crippen LogP contribution < -0.4 is 5.32 Å². The van der Waals surface area contributed by atoms with E-state index in [0.29, 0.717) is 22.8 Å². The van der Waals surface area contributed by atoms with Crippen LogP contribution in [0.4, 0.5) is 0 Å². The molecule has 180 valence electrons. The molecule has 0 amide bonds. The van der Waals surface area contributed by atoms with E-state index in [0.717, 1.165) is 48.5 Å². The van der Waals surface area contributed by atoms with Crippen LogP contribution in [0.15, 0.2) is 0 Å². The van der Waals surface area contributed by atoms with E-state index in [1.54, 1.807) is 0 Å². The van der Waals surface area contributed by atoms with Gasteiger partial charge in [-0.25, -0.2) is 0 Å². The van der Waals surface area contributed by atoms with Crippen LogP contribution >= 0.6 is 0 Å². The topological polar surface area (TPSA) is 32.3 Å². The molecule has 2 N–H and O–H groups in total. The molecule has 0 aromatic rings. The molecule has 0 spiro atoms. The van der Waals surface area contributed by atoms with Crippen molar-refractivity contribution >= 4 is 0 Å². The highest BCUT2D eigenvalue weighted by Crippen LogP contribution is 2.68. The van der Waals surface area contributed by atoms with Crippen LogP contribution in [-0.4, -0.2) is 23.8 Å². The fourth-order valence-corrected chi connectivity index (χ4v) is 9.80. The van der Waals surface area contributed by atoms with Crippen molar-refractivity contribution in [1.29, 1.82) is 0 Å². The Hall–Kier alpha value is -0.0800. The molecule has 10 atom stereocenters. The van der Waals surface area contributed by atoms with Gasteiger partial charge in [0.15, 0.2) is 0 Å². The summed E-state index contributed by atoms with van der Waals surface area (Å²) in [7, 11) is 0. The van der Waals surface area contributed by atoms with E-state index in [4.69, 9.17) is 0 Å². The van der Waals surface area contributed by atoms with E-state index in [2.05, 4.69) is 46.9 Å². The Morgan fingerprint density at radius 3 is 2.29 bits per heavy atom. The molecule has 3 unspecified atom stereocenters. The summed E-state index contributed by atoms with van der Waals surface area (Å²) in [6.45, 7) is 15.9. The Kier molecular flexibility index (Phi) is 7.20. The Morgan fingerprint density at radius 2 is 1.58 bits per heavy atom. The van der Waals surface area contributed by atoms with Crippen molar-refractivity contribution in [3.05, 3.63) is 0 Å². The first-order valence-electron chi connectivity index (χ1n) is 14.1. The molecule has 31 heavy (non-hydrogen) atoms. The van der Waals surface area contributed by atoms with Gasteiger partial charge in [-0.2, -0.15) is 0 Å². The summed E-state index contributed by atoms with van der Waals surface area (Å²) in [6.07, 6.45) is 14.9. The molecular formula is C29H53NO. The van der Waals surface area contributed by atoms with Crippen LogP contribution in [-0.2, 0) is 0 Å². The normalized spacial score (nSPS) is 48.2. The van der Waals surface area contributed by atoms with Gasteiger partial charge in [0.2, 0.25) is 0 Å². The standard InChI is InChI=1S/C29H53NO/c1-7-30-21-13-15-29(6)25-14-16-28(5)23(20(4)10-8-9-19(2)3)11-12-24(28)22(25)18-27(31)26(29)17-21/h19-27,30-31H,7-18H2,1-6H3/t20-,21+,22?,23-,24?,25?,26-,27-,28-,29-/m1/s1. The van der Waals surface area contributed by atoms with Crippen LogP contribution in [0.1, 0.15) is 112 Å². The number of aliphatic hydroxyl groups is 1. The number of rotatable bonds is 7. The van der Waals surface area contributed by atoms with E-state index in [9.17, 15) is 5.11 Å². The van der Waals surface area contributed by atoms with Gasteiger partial charge in [0, 0.05) is 6.04 Å². The third kappa shape index (κ3) is 4.27. The summed E-state index contributed by atoms with van der Waals surface area (Å²) >= 11 is 0. The first-order valence-corrected chi connectivity index (χ1v) is 14.1. The van der Waals surface area contributed by atoms with E-state index >= 15 is 0 Å². The zero-order valence-electron chi connectivity index (χ0n) is 21.6. The number of hydrogen-bond donors (Lipinski definition) is 2. The first kappa shape index (κ1) is 24.1. The lowest BCUT2D eigenvalue weighted by molar-refractivity contribution is -0.162. The molecule has 0 heterocycles. The third-order valence-corrected chi connectivity index (χ3v) is 11.4. The van der Waals surface area contributed by atoms with Crippen molar-refractivity contribution < 1.29 is 5.11 Å². The summed E-state index contributed by atoms with van der Waals surface area (Å²) in [5.74, 6) is 5.64. The highest BCUT2D eigenvalue weighted by atomic mass is 16.3. The molecule has 0 radical (unpaired) electrons. The highest BCUT2D eigenvalue weighted by Gasteiger charge is 2.62. The van der Waals surface area contributed by atoms with Crippen molar-refractivity contribution in [2.24, 2.45) is 52.3 Å². The van der Waals surface area contributed by atoms with E-state index in [-0.39, 0.29) is 6.10 Å². The summed E-state index contributed by atoms with van der Waals surface area (Å²) in [6, 6.07) is 0.630. The quantitative estimate of drug-likeness (QED) is 0.452. The predicted molar refractivity (Wildman–Crippen MR) is 132 cm³/mol. The monoisotopic (exact) mass is 431 g/mol. The molecule has 2 nitrogen and oxygen atoms in total. The fourth-order valence-electron chi connectivity index (χ4n) is 9.80. The van der Waals surface area contributed by atoms with Crippen molar-refractivity contribution in [2.75, 3.05) is 6.54 Å². The summed E-state index contributed by atoms with van der Waals surface area (Å²) in [4.78, 5) is 0. The van der Waals surface area contributed by atoms with Gasteiger partial charge < -0.3 is 10.4 Å². The minimum absolute atomic E-state index is 0.0717. The van der Waals surface area contributed by atoms with E-state index in [1.165, 1.54) is 64.2 Å². The molecule has 0 aromatic heterocycles. The van der Waals surface area contributed by atoms with Gasteiger partial charge in [-0.05, 0) is 110 Å². The molecule has 0 aliphatic heterocycles. The second-order valence-electron chi connectivity index (χ2n) is 13.4. The second-order valence-corrected chi connectivity index (χ2v) is 13.4. The van der Waals surface area contributed by atoms with Crippen LogP contribution in [0, 0.1) is 52.3 Å². The number of fused-ring (bicyclic) bond motifs is 5. The molecule has 0 aromatic carbocycles. The fraction of sp³-hybridized carbons (Fsp3) is 1.00. The minimum Gasteiger partial charge on any atom is -0.393 e. The average molecular weight is 432 g/mol. The maximum atomic E-state index is 11.4. The molecule has 4 saturated carbocycles. The van der Waals surface area contributed by atoms with E-state index < -0.39 is 0 Å². The lowest BCUT2D eigenvalue weighted by atomic mass is 9.43. The highest BCUT2D eigenvalue weighted by molar-refractivity contribution is 5.11. The van der Waals surface area contributed by atoms with Crippen molar-refractivity contribution in [3.8, 4) is 0 Å². The Bertz CT molecular complexity index is 604. The average Bonchev–Trinajstić information content (AvgIpc) is 3.06. The Balaban J connectivity index is 1.47. The van der Waals surface area contributed by atoms with Crippen LogP contribution in [0.2, 0.25) is 0 Å².